The Morgan fingerprint density at radius 1 is 0.737 bits per heavy atom. The van der Waals surface area contributed by atoms with Crippen molar-refractivity contribution in [3.63, 3.8) is 0 Å². The van der Waals surface area contributed by atoms with Crippen molar-refractivity contribution < 1.29 is 40.6 Å². The summed E-state index contributed by atoms with van der Waals surface area (Å²) in [5.74, 6) is -1.17. The number of fused-ring (bicyclic) bond motifs is 2. The Hall–Kier alpha value is -1.83. The molecule has 0 aliphatic carbocycles. The Bertz CT molecular complexity index is 1130. The molecule has 0 saturated carbocycles. The van der Waals surface area contributed by atoms with E-state index in [2.05, 4.69) is 31.9 Å². The van der Waals surface area contributed by atoms with Crippen molar-refractivity contribution in [1.82, 2.24) is 9.80 Å². The molecule has 2 aromatic rings. The van der Waals surface area contributed by atoms with Gasteiger partial charge < -0.3 is 9.47 Å². The van der Waals surface area contributed by atoms with Crippen LogP contribution in [0, 0.1) is 0 Å². The second kappa shape index (κ2) is 11.0. The van der Waals surface area contributed by atoms with E-state index in [1.165, 1.54) is 26.4 Å². The number of carbonyl (C=O) groups is 1. The van der Waals surface area contributed by atoms with Crippen LogP contribution in [0.5, 0.6) is 11.5 Å². The Labute approximate surface area is 232 Å². The van der Waals surface area contributed by atoms with E-state index >= 15 is 0 Å². The fourth-order valence-electron chi connectivity index (χ4n) is 5.16. The largest absolute Gasteiger partial charge is 0.496 e. The first-order valence-electron chi connectivity index (χ1n) is 11.6. The van der Waals surface area contributed by atoms with Gasteiger partial charge in [0.15, 0.2) is 17.9 Å². The summed E-state index contributed by atoms with van der Waals surface area (Å²) in [5, 5.41) is 0. The number of Topliss-reactive ketones (excluding diaryl/α,β-unsaturated/α-hetero) is 1. The van der Waals surface area contributed by atoms with Gasteiger partial charge in [-0.05, 0) is 91.2 Å². The molecule has 0 aromatic heterocycles. The van der Waals surface area contributed by atoms with E-state index in [1.54, 1.807) is 12.1 Å². The van der Waals surface area contributed by atoms with E-state index in [4.69, 9.17) is 9.47 Å². The maximum Gasteiger partial charge on any atom is 0.411 e. The summed E-state index contributed by atoms with van der Waals surface area (Å²) in [6.45, 7) is -1.12. The SMILES string of the molecule is COc1cc2c(cc1Br)CCN(C(C(=O)C(N1CCc3cc(Br)c(OC)cc3C1)C(F)(F)F)C(F)(F)F)C2. The minimum absolute atomic E-state index is 0.139. The molecule has 2 heterocycles. The first-order valence-corrected chi connectivity index (χ1v) is 13.2. The molecular formula is C25H24Br2F6N2O3. The molecule has 2 unspecified atom stereocenters. The van der Waals surface area contributed by atoms with E-state index < -0.39 is 30.2 Å². The topological polar surface area (TPSA) is 42.0 Å². The van der Waals surface area contributed by atoms with Gasteiger partial charge in [-0.3, -0.25) is 14.6 Å². The molecule has 0 radical (unpaired) electrons. The summed E-state index contributed by atoms with van der Waals surface area (Å²) in [5.41, 5.74) is 2.41. The number of ketones is 1. The van der Waals surface area contributed by atoms with E-state index in [9.17, 15) is 31.1 Å². The standard InChI is InChI=1S/C25H24Br2F6N2O3/c1-37-19-9-15-11-34(5-3-13(15)7-17(19)26)22(24(28,29)30)21(36)23(25(31,32)33)35-6-4-14-8-18(27)20(38-2)10-16(14)12-35/h7-10,22-23H,3-6,11-12H2,1-2H3. The van der Waals surface area contributed by atoms with Crippen LogP contribution < -0.4 is 9.47 Å². The predicted molar refractivity (Wildman–Crippen MR) is 134 cm³/mol. The van der Waals surface area contributed by atoms with Crippen molar-refractivity contribution in [3.05, 3.63) is 55.5 Å². The second-order valence-electron chi connectivity index (χ2n) is 9.24. The summed E-state index contributed by atoms with van der Waals surface area (Å²) in [6.07, 6.45) is -10.1. The van der Waals surface area contributed by atoms with Crippen LogP contribution in [0.3, 0.4) is 0 Å². The lowest BCUT2D eigenvalue weighted by Gasteiger charge is -2.41. The summed E-state index contributed by atoms with van der Waals surface area (Å²) >= 11 is 6.66. The van der Waals surface area contributed by atoms with Gasteiger partial charge >= 0.3 is 12.4 Å². The summed E-state index contributed by atoms with van der Waals surface area (Å²) in [7, 11) is 2.79. The van der Waals surface area contributed by atoms with E-state index in [-0.39, 0.29) is 39.0 Å². The number of carbonyl (C=O) groups excluding carboxylic acids is 1. The smallest absolute Gasteiger partial charge is 0.411 e. The molecule has 0 bridgehead atoms. The average molecular weight is 674 g/mol. The molecule has 208 valence electrons. The molecule has 0 saturated heterocycles. The predicted octanol–water partition coefficient (Wildman–Crippen LogP) is 6.08. The quantitative estimate of drug-likeness (QED) is 0.348. The van der Waals surface area contributed by atoms with Crippen LogP contribution in [0.15, 0.2) is 33.2 Å². The van der Waals surface area contributed by atoms with E-state index in [1.807, 2.05) is 0 Å². The molecule has 5 nitrogen and oxygen atoms in total. The molecule has 0 amide bonds. The van der Waals surface area contributed by atoms with E-state index in [0.29, 0.717) is 31.6 Å². The number of nitrogens with zero attached hydrogens (tertiary/aromatic N) is 2. The third kappa shape index (κ3) is 5.85. The number of halogens is 8. The molecule has 13 heteroatoms. The van der Waals surface area contributed by atoms with Crippen LogP contribution in [-0.2, 0) is 30.7 Å². The second-order valence-corrected chi connectivity index (χ2v) is 11.0. The van der Waals surface area contributed by atoms with Crippen LogP contribution >= 0.6 is 31.9 Å². The van der Waals surface area contributed by atoms with Crippen LogP contribution in [0.25, 0.3) is 0 Å². The van der Waals surface area contributed by atoms with Gasteiger partial charge in [0.1, 0.15) is 11.5 Å². The van der Waals surface area contributed by atoms with Gasteiger partial charge in [0, 0.05) is 26.2 Å². The Balaban J connectivity index is 1.67. The van der Waals surface area contributed by atoms with Crippen molar-refractivity contribution in [1.29, 1.82) is 0 Å². The van der Waals surface area contributed by atoms with Gasteiger partial charge in [0.05, 0.1) is 23.2 Å². The number of ether oxygens (including phenoxy) is 2. The van der Waals surface area contributed by atoms with Crippen molar-refractivity contribution in [2.75, 3.05) is 27.3 Å². The number of hydrogen-bond donors (Lipinski definition) is 0. The highest BCUT2D eigenvalue weighted by atomic mass is 79.9. The minimum atomic E-state index is -5.21. The van der Waals surface area contributed by atoms with E-state index in [0.717, 1.165) is 20.9 Å². The maximum atomic E-state index is 14.3. The van der Waals surface area contributed by atoms with Gasteiger partial charge in [-0.1, -0.05) is 0 Å². The third-order valence-corrected chi connectivity index (χ3v) is 8.16. The molecule has 2 aromatic carbocycles. The van der Waals surface area contributed by atoms with Crippen molar-refractivity contribution in [2.24, 2.45) is 0 Å². The van der Waals surface area contributed by atoms with Gasteiger partial charge in [0.25, 0.3) is 0 Å². The molecule has 0 fully saturated rings. The third-order valence-electron chi connectivity index (χ3n) is 6.92. The van der Waals surface area contributed by atoms with Gasteiger partial charge in [0.2, 0.25) is 0 Å². The minimum Gasteiger partial charge on any atom is -0.496 e. The highest BCUT2D eigenvalue weighted by molar-refractivity contribution is 9.10. The number of rotatable bonds is 6. The maximum absolute atomic E-state index is 14.3. The van der Waals surface area contributed by atoms with Crippen molar-refractivity contribution in [2.45, 2.75) is 50.4 Å². The highest BCUT2D eigenvalue weighted by Gasteiger charge is 2.58. The normalized spacial score (nSPS) is 18.4. The summed E-state index contributed by atoms with van der Waals surface area (Å²) < 4.78 is 97.7. The lowest BCUT2D eigenvalue weighted by atomic mass is 9.92. The molecule has 0 spiro atoms. The van der Waals surface area contributed by atoms with Gasteiger partial charge in [-0.15, -0.1) is 0 Å². The molecule has 2 aliphatic rings. The molecule has 4 rings (SSSR count). The summed E-state index contributed by atoms with van der Waals surface area (Å²) in [6, 6.07) is 0.671. The van der Waals surface area contributed by atoms with Crippen LogP contribution in [0.4, 0.5) is 26.3 Å². The fourth-order valence-corrected chi connectivity index (χ4v) is 6.26. The monoisotopic (exact) mass is 672 g/mol. The van der Waals surface area contributed by atoms with Crippen LogP contribution in [0.2, 0.25) is 0 Å². The zero-order valence-corrected chi connectivity index (χ0v) is 23.5. The average Bonchev–Trinajstić information content (AvgIpc) is 2.81. The van der Waals surface area contributed by atoms with Gasteiger partial charge in [-0.2, -0.15) is 26.3 Å². The molecular weight excluding hydrogens is 650 g/mol. The molecule has 0 N–H and O–H groups in total. The van der Waals surface area contributed by atoms with Gasteiger partial charge in [-0.25, -0.2) is 0 Å². The first kappa shape index (κ1) is 29.2. The molecule has 2 atom stereocenters. The van der Waals surface area contributed by atoms with Crippen molar-refractivity contribution in [3.8, 4) is 11.5 Å². The molecule has 2 aliphatic heterocycles. The summed E-state index contributed by atoms with van der Waals surface area (Å²) in [4.78, 5) is 14.9. The lowest BCUT2D eigenvalue weighted by Crippen LogP contribution is -2.62. The Morgan fingerprint density at radius 2 is 1.11 bits per heavy atom. The molecule has 38 heavy (non-hydrogen) atoms. The van der Waals surface area contributed by atoms with Crippen LogP contribution in [-0.4, -0.2) is 67.3 Å². The van der Waals surface area contributed by atoms with Crippen LogP contribution in [0.1, 0.15) is 22.3 Å². The van der Waals surface area contributed by atoms with Crippen molar-refractivity contribution >= 4 is 37.6 Å². The zero-order valence-electron chi connectivity index (χ0n) is 20.3. The number of methoxy groups -OCH3 is 2. The number of hydrogen-bond acceptors (Lipinski definition) is 5. The lowest BCUT2D eigenvalue weighted by molar-refractivity contribution is -0.215. The highest BCUT2D eigenvalue weighted by Crippen LogP contribution is 2.39. The first-order chi connectivity index (χ1) is 17.7. The zero-order chi connectivity index (χ0) is 28.0. The Kier molecular flexibility index (Phi) is 8.42. The number of alkyl halides is 6. The Morgan fingerprint density at radius 3 is 1.42 bits per heavy atom. The number of benzene rings is 2. The fraction of sp³-hybridized carbons (Fsp3) is 0.480.